The molecule has 2 rings (SSSR count). The van der Waals surface area contributed by atoms with E-state index >= 15 is 0 Å². The van der Waals surface area contributed by atoms with Gasteiger partial charge in [-0.05, 0) is 32.0 Å². The molecule has 148 valence electrons. The summed E-state index contributed by atoms with van der Waals surface area (Å²) in [6, 6.07) is 6.04. The number of hydrogen-bond acceptors (Lipinski definition) is 5. The number of amides is 1. The average molecular weight is 394 g/mol. The van der Waals surface area contributed by atoms with Crippen LogP contribution in [0.2, 0.25) is 0 Å². The van der Waals surface area contributed by atoms with Crippen molar-refractivity contribution in [2.75, 3.05) is 45.9 Å². The molecule has 1 aromatic carbocycles. The summed E-state index contributed by atoms with van der Waals surface area (Å²) in [6.07, 6.45) is 5.31. The largest absolute Gasteiger partial charge is 0.377 e. The van der Waals surface area contributed by atoms with Gasteiger partial charge in [0.1, 0.15) is 0 Å². The molecule has 7 nitrogen and oxygen atoms in total. The SMILES string of the molecule is C#CCNS(=O)(=O)c1cccc(C(=O)N2CCN(CCOC(C)C)CC2)c1. The molecule has 0 aliphatic carbocycles. The molecule has 0 unspecified atom stereocenters. The number of sulfonamides is 1. The van der Waals surface area contributed by atoms with Gasteiger partial charge in [0.05, 0.1) is 24.2 Å². The van der Waals surface area contributed by atoms with Gasteiger partial charge >= 0.3 is 0 Å². The fraction of sp³-hybridized carbons (Fsp3) is 0.526. The van der Waals surface area contributed by atoms with Gasteiger partial charge in [-0.3, -0.25) is 9.69 Å². The summed E-state index contributed by atoms with van der Waals surface area (Å²) < 4.78 is 32.2. The Morgan fingerprint density at radius 2 is 2.00 bits per heavy atom. The summed E-state index contributed by atoms with van der Waals surface area (Å²) in [7, 11) is -3.72. The number of hydrogen-bond donors (Lipinski definition) is 1. The zero-order valence-corrected chi connectivity index (χ0v) is 16.7. The number of carbonyl (C=O) groups is 1. The van der Waals surface area contributed by atoms with Gasteiger partial charge in [0.15, 0.2) is 0 Å². The maximum atomic E-state index is 12.7. The monoisotopic (exact) mass is 393 g/mol. The molecule has 1 aliphatic heterocycles. The van der Waals surface area contributed by atoms with E-state index in [1.165, 1.54) is 12.1 Å². The van der Waals surface area contributed by atoms with E-state index in [4.69, 9.17) is 11.2 Å². The minimum absolute atomic E-state index is 0.0353. The lowest BCUT2D eigenvalue weighted by atomic mass is 10.2. The van der Waals surface area contributed by atoms with E-state index in [0.29, 0.717) is 25.3 Å². The summed E-state index contributed by atoms with van der Waals surface area (Å²) in [4.78, 5) is 16.8. The van der Waals surface area contributed by atoms with Gasteiger partial charge in [-0.1, -0.05) is 12.0 Å². The highest BCUT2D eigenvalue weighted by Crippen LogP contribution is 2.14. The molecule has 0 spiro atoms. The van der Waals surface area contributed by atoms with E-state index in [2.05, 4.69) is 15.5 Å². The van der Waals surface area contributed by atoms with Crippen LogP contribution in [0.3, 0.4) is 0 Å². The Labute approximate surface area is 161 Å². The lowest BCUT2D eigenvalue weighted by Gasteiger charge is -2.34. The minimum Gasteiger partial charge on any atom is -0.377 e. The Bertz CT molecular complexity index is 778. The van der Waals surface area contributed by atoms with Crippen molar-refractivity contribution in [2.24, 2.45) is 0 Å². The Balaban J connectivity index is 1.95. The third-order valence-corrected chi connectivity index (χ3v) is 5.67. The fourth-order valence-corrected chi connectivity index (χ4v) is 3.77. The van der Waals surface area contributed by atoms with Gasteiger partial charge < -0.3 is 9.64 Å². The second-order valence-electron chi connectivity index (χ2n) is 6.61. The number of benzene rings is 1. The highest BCUT2D eigenvalue weighted by atomic mass is 32.2. The molecule has 0 atom stereocenters. The number of nitrogens with one attached hydrogen (secondary N) is 1. The molecule has 1 aromatic rings. The fourth-order valence-electron chi connectivity index (χ4n) is 2.79. The van der Waals surface area contributed by atoms with Crippen molar-refractivity contribution in [3.05, 3.63) is 29.8 Å². The first-order chi connectivity index (χ1) is 12.8. The van der Waals surface area contributed by atoms with Crippen LogP contribution in [0.1, 0.15) is 24.2 Å². The van der Waals surface area contributed by atoms with Crippen LogP contribution in [0, 0.1) is 12.3 Å². The number of rotatable bonds is 8. The summed E-state index contributed by atoms with van der Waals surface area (Å²) in [5.41, 5.74) is 0.357. The molecule has 0 radical (unpaired) electrons. The van der Waals surface area contributed by atoms with E-state index < -0.39 is 10.0 Å². The number of nitrogens with zero attached hydrogens (tertiary/aromatic N) is 2. The molecule has 1 aliphatic rings. The number of carbonyl (C=O) groups excluding carboxylic acids is 1. The minimum atomic E-state index is -3.72. The molecule has 1 N–H and O–H groups in total. The van der Waals surface area contributed by atoms with E-state index in [0.717, 1.165) is 19.6 Å². The first-order valence-electron chi connectivity index (χ1n) is 9.00. The average Bonchev–Trinajstić information content (AvgIpc) is 2.66. The molecule has 0 aromatic heterocycles. The maximum absolute atomic E-state index is 12.7. The summed E-state index contributed by atoms with van der Waals surface area (Å²) in [6.45, 7) is 8.19. The Hall–Kier alpha value is -1.92. The highest BCUT2D eigenvalue weighted by molar-refractivity contribution is 7.89. The molecule has 0 bridgehead atoms. The normalized spacial score (nSPS) is 15.7. The van der Waals surface area contributed by atoms with Gasteiger partial charge in [-0.15, -0.1) is 6.42 Å². The van der Waals surface area contributed by atoms with Crippen molar-refractivity contribution in [3.8, 4) is 12.3 Å². The van der Waals surface area contributed by atoms with E-state index in [9.17, 15) is 13.2 Å². The van der Waals surface area contributed by atoms with Crippen LogP contribution in [0.25, 0.3) is 0 Å². The van der Waals surface area contributed by atoms with Gasteiger partial charge in [0.25, 0.3) is 5.91 Å². The van der Waals surface area contributed by atoms with Crippen LogP contribution in [-0.4, -0.2) is 76.1 Å². The highest BCUT2D eigenvalue weighted by Gasteiger charge is 2.23. The number of terminal acetylenes is 1. The molecule has 1 saturated heterocycles. The summed E-state index contributed by atoms with van der Waals surface area (Å²) in [5.74, 6) is 2.06. The molecule has 8 heteroatoms. The first-order valence-corrected chi connectivity index (χ1v) is 10.5. The van der Waals surface area contributed by atoms with Crippen LogP contribution in [0.15, 0.2) is 29.2 Å². The maximum Gasteiger partial charge on any atom is 0.253 e. The first kappa shape index (κ1) is 21.4. The third kappa shape index (κ3) is 6.33. The van der Waals surface area contributed by atoms with Crippen LogP contribution in [-0.2, 0) is 14.8 Å². The number of piperazine rings is 1. The summed E-state index contributed by atoms with van der Waals surface area (Å²) >= 11 is 0. The van der Waals surface area contributed by atoms with Gasteiger partial charge in [0, 0.05) is 38.3 Å². The summed E-state index contributed by atoms with van der Waals surface area (Å²) in [5, 5.41) is 0. The standard InChI is InChI=1S/C19H27N3O4S/c1-4-8-20-27(24,25)18-7-5-6-17(15-18)19(23)22-11-9-21(10-12-22)13-14-26-16(2)3/h1,5-7,15-16,20H,8-14H2,2-3H3. The molecule has 1 heterocycles. The second kappa shape index (κ2) is 9.85. The zero-order valence-electron chi connectivity index (χ0n) is 15.8. The molecule has 27 heavy (non-hydrogen) atoms. The zero-order chi connectivity index (χ0) is 19.9. The Kier molecular flexibility index (Phi) is 7.80. The van der Waals surface area contributed by atoms with Crippen LogP contribution in [0.5, 0.6) is 0 Å². The predicted molar refractivity (Wildman–Crippen MR) is 104 cm³/mol. The van der Waals surface area contributed by atoms with Gasteiger partial charge in [0.2, 0.25) is 10.0 Å². The molecule has 1 amide bonds. The number of ether oxygens (including phenoxy) is 1. The second-order valence-corrected chi connectivity index (χ2v) is 8.38. The van der Waals surface area contributed by atoms with Crippen LogP contribution < -0.4 is 4.72 Å². The van der Waals surface area contributed by atoms with E-state index in [1.807, 2.05) is 13.8 Å². The van der Waals surface area contributed by atoms with Crippen LogP contribution in [0.4, 0.5) is 0 Å². The smallest absolute Gasteiger partial charge is 0.253 e. The van der Waals surface area contributed by atoms with Gasteiger partial charge in [-0.25, -0.2) is 8.42 Å². The quantitative estimate of drug-likeness (QED) is 0.661. The van der Waals surface area contributed by atoms with Crippen molar-refractivity contribution in [1.29, 1.82) is 0 Å². The van der Waals surface area contributed by atoms with Crippen molar-refractivity contribution < 1.29 is 17.9 Å². The lowest BCUT2D eigenvalue weighted by Crippen LogP contribution is -2.49. The van der Waals surface area contributed by atoms with Gasteiger partial charge in [-0.2, -0.15) is 4.72 Å². The van der Waals surface area contributed by atoms with Crippen molar-refractivity contribution >= 4 is 15.9 Å². The molecule has 1 fully saturated rings. The Morgan fingerprint density at radius 1 is 1.30 bits per heavy atom. The predicted octanol–water partition coefficient (Wildman–Crippen LogP) is 0.781. The van der Waals surface area contributed by atoms with Crippen LogP contribution >= 0.6 is 0 Å². The third-order valence-electron chi connectivity index (χ3n) is 4.27. The van der Waals surface area contributed by atoms with E-state index in [-0.39, 0.29) is 23.5 Å². The van der Waals surface area contributed by atoms with E-state index in [1.54, 1.807) is 17.0 Å². The van der Waals surface area contributed by atoms with Crippen molar-refractivity contribution in [1.82, 2.24) is 14.5 Å². The van der Waals surface area contributed by atoms with Crippen molar-refractivity contribution in [3.63, 3.8) is 0 Å². The molecule has 0 saturated carbocycles. The van der Waals surface area contributed by atoms with Crippen molar-refractivity contribution in [2.45, 2.75) is 24.8 Å². The Morgan fingerprint density at radius 3 is 2.63 bits per heavy atom. The molecular formula is C19H27N3O4S. The topological polar surface area (TPSA) is 79.0 Å². The lowest BCUT2D eigenvalue weighted by molar-refractivity contribution is 0.0407. The molecular weight excluding hydrogens is 366 g/mol.